The Morgan fingerprint density at radius 3 is 2.45 bits per heavy atom. The van der Waals surface area contributed by atoms with Gasteiger partial charge in [-0.2, -0.15) is 18.3 Å². The Morgan fingerprint density at radius 2 is 1.95 bits per heavy atom. The van der Waals surface area contributed by atoms with Crippen LogP contribution >= 0.6 is 0 Å². The van der Waals surface area contributed by atoms with Gasteiger partial charge >= 0.3 is 6.18 Å². The number of alkyl halides is 5. The number of nitrogens with zero attached hydrogens (tertiary/aromatic N) is 3. The predicted octanol–water partition coefficient (Wildman–Crippen LogP) is 3.63. The number of hydrogen-bond acceptors (Lipinski definition) is 2. The first kappa shape index (κ1) is 15.7. The van der Waals surface area contributed by atoms with E-state index in [2.05, 4.69) is 5.10 Å². The van der Waals surface area contributed by atoms with Crippen molar-refractivity contribution < 1.29 is 22.0 Å². The molecule has 3 nitrogen and oxygen atoms in total. The van der Waals surface area contributed by atoms with Gasteiger partial charge in [-0.1, -0.05) is 0 Å². The van der Waals surface area contributed by atoms with Gasteiger partial charge in [0.05, 0.1) is 12.1 Å². The Kier molecular flexibility index (Phi) is 3.33. The molecular weight excluding hydrogens is 305 g/mol. The lowest BCUT2D eigenvalue weighted by atomic mass is 9.88. The van der Waals surface area contributed by atoms with Crippen molar-refractivity contribution in [2.24, 2.45) is 5.92 Å². The van der Waals surface area contributed by atoms with Gasteiger partial charge in [0.2, 0.25) is 0 Å². The van der Waals surface area contributed by atoms with Crippen molar-refractivity contribution in [2.75, 3.05) is 6.54 Å². The molecule has 8 heteroatoms. The first-order chi connectivity index (χ1) is 10.0. The lowest BCUT2D eigenvalue weighted by molar-refractivity contribution is -0.191. The molecule has 2 aliphatic rings. The second-order valence-corrected chi connectivity index (χ2v) is 6.77. The van der Waals surface area contributed by atoms with Gasteiger partial charge < -0.3 is 0 Å². The van der Waals surface area contributed by atoms with Crippen LogP contribution in [0.25, 0.3) is 0 Å². The molecule has 2 atom stereocenters. The SMILES string of the molecule is CC1(C)C(C(F)(F)F)CCN1Cc1cnn(C2CC2(F)F)c1. The summed E-state index contributed by atoms with van der Waals surface area (Å²) in [5.41, 5.74) is -0.345. The molecule has 0 amide bonds. The van der Waals surface area contributed by atoms with Crippen LogP contribution in [-0.4, -0.2) is 38.9 Å². The highest BCUT2D eigenvalue weighted by Gasteiger charge is 2.59. The summed E-state index contributed by atoms with van der Waals surface area (Å²) in [5.74, 6) is -4.08. The van der Waals surface area contributed by atoms with Crippen molar-refractivity contribution in [1.82, 2.24) is 14.7 Å². The average molecular weight is 323 g/mol. The zero-order chi connectivity index (χ0) is 16.3. The van der Waals surface area contributed by atoms with Crippen LogP contribution in [0.3, 0.4) is 0 Å². The number of likely N-dealkylation sites (tertiary alicyclic amines) is 1. The average Bonchev–Trinajstić information content (AvgIpc) is 2.73. The van der Waals surface area contributed by atoms with Crippen LogP contribution in [0.1, 0.15) is 38.3 Å². The Labute approximate surface area is 125 Å². The second-order valence-electron chi connectivity index (χ2n) is 6.77. The molecular formula is C14H18F5N3. The fraction of sp³-hybridized carbons (Fsp3) is 0.786. The van der Waals surface area contributed by atoms with Crippen LogP contribution in [0.15, 0.2) is 12.4 Å². The third-order valence-electron chi connectivity index (χ3n) is 4.89. The standard InChI is InChI=1S/C14H18F5N3/c1-12(2)10(14(17,18)19)3-4-21(12)7-9-6-20-22(8-9)11-5-13(11,15)16/h6,8,10-11H,3-5,7H2,1-2H3. The number of aromatic nitrogens is 2. The number of rotatable bonds is 3. The molecule has 1 aromatic rings. The van der Waals surface area contributed by atoms with E-state index in [0.29, 0.717) is 12.1 Å². The van der Waals surface area contributed by atoms with E-state index in [0.717, 1.165) is 0 Å². The molecule has 0 N–H and O–H groups in total. The fourth-order valence-electron chi connectivity index (χ4n) is 3.33. The summed E-state index contributed by atoms with van der Waals surface area (Å²) in [5, 5.41) is 3.92. The van der Waals surface area contributed by atoms with Crippen molar-refractivity contribution in [1.29, 1.82) is 0 Å². The van der Waals surface area contributed by atoms with E-state index in [-0.39, 0.29) is 19.4 Å². The number of halogens is 5. The van der Waals surface area contributed by atoms with E-state index in [4.69, 9.17) is 0 Å². The number of hydrogen-bond donors (Lipinski definition) is 0. The van der Waals surface area contributed by atoms with Crippen LogP contribution in [0.4, 0.5) is 22.0 Å². The molecule has 3 rings (SSSR count). The molecule has 22 heavy (non-hydrogen) atoms. The third kappa shape index (κ3) is 2.61. The molecule has 0 spiro atoms. The van der Waals surface area contributed by atoms with Crippen LogP contribution < -0.4 is 0 Å². The predicted molar refractivity (Wildman–Crippen MR) is 69.5 cm³/mol. The molecule has 0 radical (unpaired) electrons. The van der Waals surface area contributed by atoms with Crippen LogP contribution in [-0.2, 0) is 6.54 Å². The van der Waals surface area contributed by atoms with Gasteiger partial charge in [-0.05, 0) is 26.8 Å². The topological polar surface area (TPSA) is 21.1 Å². The van der Waals surface area contributed by atoms with Crippen molar-refractivity contribution in [3.8, 4) is 0 Å². The monoisotopic (exact) mass is 323 g/mol. The second kappa shape index (κ2) is 4.66. The van der Waals surface area contributed by atoms with Crippen LogP contribution in [0.2, 0.25) is 0 Å². The van der Waals surface area contributed by atoms with E-state index in [1.807, 2.05) is 0 Å². The Hall–Kier alpha value is -1.18. The summed E-state index contributed by atoms with van der Waals surface area (Å²) in [7, 11) is 0. The van der Waals surface area contributed by atoms with Gasteiger partial charge in [0.25, 0.3) is 5.92 Å². The van der Waals surface area contributed by atoms with Crippen molar-refractivity contribution in [3.05, 3.63) is 18.0 Å². The van der Waals surface area contributed by atoms with E-state index < -0.39 is 29.6 Å². The minimum atomic E-state index is -4.22. The molecule has 1 aliphatic heterocycles. The van der Waals surface area contributed by atoms with Gasteiger partial charge in [-0.15, -0.1) is 0 Å². The molecule has 2 unspecified atom stereocenters. The summed E-state index contributed by atoms with van der Waals surface area (Å²) in [6, 6.07) is -0.907. The first-order valence-corrected chi connectivity index (χ1v) is 7.24. The highest BCUT2D eigenvalue weighted by molar-refractivity contribution is 5.11. The maximum atomic E-state index is 13.0. The third-order valence-corrected chi connectivity index (χ3v) is 4.89. The highest BCUT2D eigenvalue weighted by Crippen LogP contribution is 2.52. The van der Waals surface area contributed by atoms with E-state index in [1.54, 1.807) is 18.7 Å². The van der Waals surface area contributed by atoms with Crippen LogP contribution in [0.5, 0.6) is 0 Å². The smallest absolute Gasteiger partial charge is 0.293 e. The van der Waals surface area contributed by atoms with Crippen LogP contribution in [0, 0.1) is 5.92 Å². The summed E-state index contributed by atoms with van der Waals surface area (Å²) < 4.78 is 66.4. The van der Waals surface area contributed by atoms with Gasteiger partial charge in [0.15, 0.2) is 0 Å². The van der Waals surface area contributed by atoms with Gasteiger partial charge in [0, 0.05) is 30.3 Å². The quantitative estimate of drug-likeness (QED) is 0.792. The maximum absolute atomic E-state index is 13.0. The molecule has 0 aromatic carbocycles. The maximum Gasteiger partial charge on any atom is 0.393 e. The minimum absolute atomic E-state index is 0.0608. The van der Waals surface area contributed by atoms with Gasteiger partial charge in [-0.25, -0.2) is 8.78 Å². The lowest BCUT2D eigenvalue weighted by Crippen LogP contribution is -2.46. The molecule has 0 bridgehead atoms. The summed E-state index contributed by atoms with van der Waals surface area (Å²) in [6.07, 6.45) is -1.41. The van der Waals surface area contributed by atoms with E-state index >= 15 is 0 Å². The molecule has 1 saturated carbocycles. The van der Waals surface area contributed by atoms with Gasteiger partial charge in [0.1, 0.15) is 6.04 Å². The van der Waals surface area contributed by atoms with Gasteiger partial charge in [-0.3, -0.25) is 9.58 Å². The Bertz CT molecular complexity index is 563. The summed E-state index contributed by atoms with van der Waals surface area (Å²) >= 11 is 0. The lowest BCUT2D eigenvalue weighted by Gasteiger charge is -2.36. The largest absolute Gasteiger partial charge is 0.393 e. The zero-order valence-corrected chi connectivity index (χ0v) is 12.4. The zero-order valence-electron chi connectivity index (χ0n) is 12.4. The molecule has 2 heterocycles. The highest BCUT2D eigenvalue weighted by atomic mass is 19.4. The summed E-state index contributed by atoms with van der Waals surface area (Å²) in [6.45, 7) is 3.79. The normalized spacial score (nSPS) is 30.7. The van der Waals surface area contributed by atoms with Crippen molar-refractivity contribution in [2.45, 2.75) is 56.9 Å². The minimum Gasteiger partial charge on any atom is -0.293 e. The van der Waals surface area contributed by atoms with Crippen molar-refractivity contribution in [3.63, 3.8) is 0 Å². The van der Waals surface area contributed by atoms with E-state index in [1.165, 1.54) is 17.1 Å². The Morgan fingerprint density at radius 1 is 1.32 bits per heavy atom. The molecule has 1 saturated heterocycles. The van der Waals surface area contributed by atoms with E-state index in [9.17, 15) is 22.0 Å². The molecule has 1 aliphatic carbocycles. The first-order valence-electron chi connectivity index (χ1n) is 7.24. The summed E-state index contributed by atoms with van der Waals surface area (Å²) in [4.78, 5) is 1.75. The fourth-order valence-corrected chi connectivity index (χ4v) is 3.33. The molecule has 2 fully saturated rings. The molecule has 124 valence electrons. The molecule has 1 aromatic heterocycles. The van der Waals surface area contributed by atoms with Crippen molar-refractivity contribution >= 4 is 0 Å². The Balaban J connectivity index is 1.69.